The van der Waals surface area contributed by atoms with Crippen molar-refractivity contribution in [2.45, 2.75) is 0 Å². The van der Waals surface area contributed by atoms with Crippen LogP contribution in [0.2, 0.25) is 5.02 Å². The Morgan fingerprint density at radius 1 is 1.19 bits per heavy atom. The van der Waals surface area contributed by atoms with Crippen LogP contribution in [-0.4, -0.2) is 10.9 Å². The number of halogens is 1. The molecule has 2 aromatic heterocycles. The van der Waals surface area contributed by atoms with Crippen LogP contribution in [0.25, 0.3) is 11.0 Å². The molecule has 3 rings (SSSR count). The molecular weight excluding hydrogens is 292 g/mol. The van der Waals surface area contributed by atoms with Gasteiger partial charge in [-0.3, -0.25) is 9.59 Å². The van der Waals surface area contributed by atoms with Gasteiger partial charge in [0.2, 0.25) is 0 Å². The van der Waals surface area contributed by atoms with Gasteiger partial charge in [0.1, 0.15) is 11.4 Å². The maximum absolute atomic E-state index is 12.1. The number of anilines is 1. The lowest BCUT2D eigenvalue weighted by Gasteiger charge is -2.04. The Bertz CT molecular complexity index is 889. The highest BCUT2D eigenvalue weighted by molar-refractivity contribution is 6.30. The minimum absolute atomic E-state index is 0.0829. The van der Waals surface area contributed by atoms with E-state index in [1.165, 1.54) is 12.3 Å². The van der Waals surface area contributed by atoms with E-state index < -0.39 is 5.91 Å². The van der Waals surface area contributed by atoms with Crippen molar-refractivity contribution in [3.8, 4) is 0 Å². The number of pyridine rings is 1. The first-order valence-electron chi connectivity index (χ1n) is 6.09. The molecule has 0 saturated carbocycles. The lowest BCUT2D eigenvalue weighted by molar-refractivity contribution is 0.0997. The number of benzene rings is 1. The summed E-state index contributed by atoms with van der Waals surface area (Å²) in [6, 6.07) is 11.0. The molecule has 1 aromatic carbocycles. The maximum Gasteiger partial charge on any atom is 0.292 e. The largest absolute Gasteiger partial charge is 0.451 e. The van der Waals surface area contributed by atoms with Crippen LogP contribution in [-0.2, 0) is 0 Å². The standard InChI is InChI=1S/C15H9ClN2O3/c16-9-5-6-17-14(7-9)18-15(20)13-8-11(19)10-3-1-2-4-12(10)21-13/h1-8H,(H,17,18,20). The predicted octanol–water partition coefficient (Wildman–Crippen LogP) is 3.09. The van der Waals surface area contributed by atoms with Gasteiger partial charge in [0.05, 0.1) is 5.39 Å². The van der Waals surface area contributed by atoms with Gasteiger partial charge in [0, 0.05) is 17.3 Å². The van der Waals surface area contributed by atoms with Crippen molar-refractivity contribution in [2.75, 3.05) is 5.32 Å². The number of para-hydroxylation sites is 1. The van der Waals surface area contributed by atoms with E-state index in [4.69, 9.17) is 16.0 Å². The Hall–Kier alpha value is -2.66. The summed E-state index contributed by atoms with van der Waals surface area (Å²) in [5, 5.41) is 3.39. The number of hydrogen-bond acceptors (Lipinski definition) is 4. The fourth-order valence-electron chi connectivity index (χ4n) is 1.87. The Morgan fingerprint density at radius 3 is 2.81 bits per heavy atom. The number of rotatable bonds is 2. The molecule has 0 aliphatic heterocycles. The van der Waals surface area contributed by atoms with E-state index in [1.54, 1.807) is 30.3 Å². The lowest BCUT2D eigenvalue weighted by atomic mass is 10.2. The van der Waals surface area contributed by atoms with Crippen LogP contribution >= 0.6 is 11.6 Å². The zero-order chi connectivity index (χ0) is 14.8. The number of aromatic nitrogens is 1. The van der Waals surface area contributed by atoms with Crippen LogP contribution in [0.1, 0.15) is 10.6 Å². The second-order valence-corrected chi connectivity index (χ2v) is 4.72. The van der Waals surface area contributed by atoms with E-state index in [-0.39, 0.29) is 17.0 Å². The molecule has 5 nitrogen and oxygen atoms in total. The third-order valence-corrected chi connectivity index (χ3v) is 3.06. The molecular formula is C15H9ClN2O3. The Labute approximate surface area is 124 Å². The lowest BCUT2D eigenvalue weighted by Crippen LogP contribution is -2.15. The molecule has 1 N–H and O–H groups in total. The summed E-state index contributed by atoms with van der Waals surface area (Å²) in [4.78, 5) is 28.0. The van der Waals surface area contributed by atoms with Crippen molar-refractivity contribution in [2.24, 2.45) is 0 Å². The number of nitrogens with zero attached hydrogens (tertiary/aromatic N) is 1. The highest BCUT2D eigenvalue weighted by Crippen LogP contribution is 2.15. The van der Waals surface area contributed by atoms with Gasteiger partial charge >= 0.3 is 0 Å². The summed E-state index contributed by atoms with van der Waals surface area (Å²) < 4.78 is 5.43. The molecule has 0 spiro atoms. The van der Waals surface area contributed by atoms with E-state index >= 15 is 0 Å². The SMILES string of the molecule is O=C(Nc1cc(Cl)ccn1)c1cc(=O)c2ccccc2o1. The van der Waals surface area contributed by atoms with Crippen molar-refractivity contribution in [1.29, 1.82) is 0 Å². The highest BCUT2D eigenvalue weighted by Gasteiger charge is 2.13. The molecule has 0 aliphatic rings. The molecule has 0 fully saturated rings. The predicted molar refractivity (Wildman–Crippen MR) is 79.7 cm³/mol. The van der Waals surface area contributed by atoms with Gasteiger partial charge in [-0.25, -0.2) is 4.98 Å². The summed E-state index contributed by atoms with van der Waals surface area (Å²) >= 11 is 5.81. The van der Waals surface area contributed by atoms with Crippen LogP contribution in [0.15, 0.2) is 57.9 Å². The van der Waals surface area contributed by atoms with Gasteiger partial charge in [0.15, 0.2) is 11.2 Å². The van der Waals surface area contributed by atoms with Crippen molar-refractivity contribution >= 4 is 34.3 Å². The number of fused-ring (bicyclic) bond motifs is 1. The molecule has 0 unspecified atom stereocenters. The minimum Gasteiger partial charge on any atom is -0.451 e. The maximum atomic E-state index is 12.1. The Morgan fingerprint density at radius 2 is 2.00 bits per heavy atom. The van der Waals surface area contributed by atoms with E-state index in [9.17, 15) is 9.59 Å². The average Bonchev–Trinajstić information content (AvgIpc) is 2.47. The van der Waals surface area contributed by atoms with Gasteiger partial charge in [-0.2, -0.15) is 0 Å². The monoisotopic (exact) mass is 300 g/mol. The molecule has 1 amide bonds. The van der Waals surface area contributed by atoms with Gasteiger partial charge in [-0.15, -0.1) is 0 Å². The first kappa shape index (κ1) is 13.3. The second-order valence-electron chi connectivity index (χ2n) is 4.28. The zero-order valence-corrected chi connectivity index (χ0v) is 11.4. The third-order valence-electron chi connectivity index (χ3n) is 2.82. The molecule has 0 atom stereocenters. The number of amides is 1. The van der Waals surface area contributed by atoms with Crippen molar-refractivity contribution in [3.63, 3.8) is 0 Å². The van der Waals surface area contributed by atoms with Crippen molar-refractivity contribution < 1.29 is 9.21 Å². The zero-order valence-electron chi connectivity index (χ0n) is 10.7. The fraction of sp³-hybridized carbons (Fsp3) is 0. The van der Waals surface area contributed by atoms with Gasteiger partial charge in [-0.1, -0.05) is 23.7 Å². The molecule has 21 heavy (non-hydrogen) atoms. The van der Waals surface area contributed by atoms with Gasteiger partial charge in [0.25, 0.3) is 5.91 Å². The highest BCUT2D eigenvalue weighted by atomic mass is 35.5. The number of carbonyl (C=O) groups is 1. The molecule has 104 valence electrons. The Kier molecular flexibility index (Phi) is 3.41. The summed E-state index contributed by atoms with van der Waals surface area (Å²) in [5.74, 6) is -0.364. The van der Waals surface area contributed by atoms with Crippen LogP contribution in [0.4, 0.5) is 5.82 Å². The van der Waals surface area contributed by atoms with Crippen LogP contribution in [0.3, 0.4) is 0 Å². The van der Waals surface area contributed by atoms with Crippen molar-refractivity contribution in [1.82, 2.24) is 4.98 Å². The molecule has 6 heteroatoms. The molecule has 0 radical (unpaired) electrons. The fourth-order valence-corrected chi connectivity index (χ4v) is 2.03. The topological polar surface area (TPSA) is 72.2 Å². The smallest absolute Gasteiger partial charge is 0.292 e. The molecule has 0 bridgehead atoms. The van der Waals surface area contributed by atoms with Crippen LogP contribution in [0, 0.1) is 0 Å². The summed E-state index contributed by atoms with van der Waals surface area (Å²) in [6.07, 6.45) is 1.47. The van der Waals surface area contributed by atoms with Gasteiger partial charge in [-0.05, 0) is 24.3 Å². The van der Waals surface area contributed by atoms with Crippen LogP contribution in [0.5, 0.6) is 0 Å². The van der Waals surface area contributed by atoms with E-state index in [1.807, 2.05) is 0 Å². The average molecular weight is 301 g/mol. The molecule has 3 aromatic rings. The van der Waals surface area contributed by atoms with Crippen molar-refractivity contribution in [3.05, 3.63) is 69.7 Å². The van der Waals surface area contributed by atoms with Gasteiger partial charge < -0.3 is 9.73 Å². The Balaban J connectivity index is 1.96. The van der Waals surface area contributed by atoms with Crippen LogP contribution < -0.4 is 10.7 Å². The first-order chi connectivity index (χ1) is 10.1. The summed E-state index contributed by atoms with van der Waals surface area (Å²) in [7, 11) is 0. The normalized spacial score (nSPS) is 10.5. The molecule has 0 aliphatic carbocycles. The molecule has 2 heterocycles. The third kappa shape index (κ3) is 2.78. The summed E-state index contributed by atoms with van der Waals surface area (Å²) in [5.41, 5.74) is 0.0789. The minimum atomic E-state index is -0.562. The van der Waals surface area contributed by atoms with E-state index in [0.717, 1.165) is 6.07 Å². The quantitative estimate of drug-likeness (QED) is 0.789. The molecule has 0 saturated heterocycles. The first-order valence-corrected chi connectivity index (χ1v) is 6.47. The number of carbonyl (C=O) groups excluding carboxylic acids is 1. The summed E-state index contributed by atoms with van der Waals surface area (Å²) in [6.45, 7) is 0. The number of nitrogens with one attached hydrogen (secondary N) is 1. The number of hydrogen-bond donors (Lipinski definition) is 1. The van der Waals surface area contributed by atoms with E-state index in [0.29, 0.717) is 16.0 Å². The van der Waals surface area contributed by atoms with E-state index in [2.05, 4.69) is 10.3 Å². The second kappa shape index (κ2) is 5.38.